The zero-order chi connectivity index (χ0) is 27.4. The maximum Gasteiger partial charge on any atom is 0.356 e. The quantitative estimate of drug-likeness (QED) is 0.181. The molecule has 0 aliphatic carbocycles. The smallest absolute Gasteiger partial charge is 0.356 e. The van der Waals surface area contributed by atoms with Crippen LogP contribution in [0.5, 0.6) is 0 Å². The van der Waals surface area contributed by atoms with Crippen LogP contribution >= 0.6 is 23.1 Å². The van der Waals surface area contributed by atoms with Crippen molar-refractivity contribution in [3.8, 4) is 0 Å². The summed E-state index contributed by atoms with van der Waals surface area (Å²) in [5.41, 5.74) is 2.22. The summed E-state index contributed by atoms with van der Waals surface area (Å²) in [6.45, 7) is 1.92. The molecule has 0 radical (unpaired) electrons. The number of ether oxygens (including phenoxy) is 1. The number of nitrogens with zero attached hydrogens (tertiary/aromatic N) is 2. The third-order valence-corrected chi connectivity index (χ3v) is 8.79. The minimum atomic E-state index is -0.743. The summed E-state index contributed by atoms with van der Waals surface area (Å²) in [5.74, 6) is -1.26. The van der Waals surface area contributed by atoms with Crippen LogP contribution in [0.3, 0.4) is 0 Å². The van der Waals surface area contributed by atoms with E-state index in [0.717, 1.165) is 16.0 Å². The van der Waals surface area contributed by atoms with E-state index in [9.17, 15) is 14.4 Å². The lowest BCUT2D eigenvalue weighted by Crippen LogP contribution is -2.71. The number of thiophene rings is 1. The fourth-order valence-corrected chi connectivity index (χ4v) is 6.74. The fourth-order valence-electron chi connectivity index (χ4n) is 4.62. The maximum atomic E-state index is 13.9. The van der Waals surface area contributed by atoms with Gasteiger partial charge in [0.1, 0.15) is 24.2 Å². The number of nitrogens with one attached hydrogen (secondary N) is 1. The van der Waals surface area contributed by atoms with Crippen LogP contribution in [0.4, 0.5) is 0 Å². The molecule has 1 saturated heterocycles. The predicted molar refractivity (Wildman–Crippen MR) is 151 cm³/mol. The second-order valence-corrected chi connectivity index (χ2v) is 11.5. The molecule has 1 fully saturated rings. The van der Waals surface area contributed by atoms with E-state index in [1.54, 1.807) is 0 Å². The van der Waals surface area contributed by atoms with E-state index in [0.29, 0.717) is 5.57 Å². The van der Waals surface area contributed by atoms with Crippen LogP contribution in [0.25, 0.3) is 0 Å². The van der Waals surface area contributed by atoms with Gasteiger partial charge in [-0.1, -0.05) is 71.9 Å². The Morgan fingerprint density at radius 3 is 2.31 bits per heavy atom. The molecule has 0 saturated carbocycles. The van der Waals surface area contributed by atoms with Gasteiger partial charge in [0, 0.05) is 15.7 Å². The van der Waals surface area contributed by atoms with E-state index in [-0.39, 0.29) is 29.2 Å². The van der Waals surface area contributed by atoms with Crippen LogP contribution in [-0.4, -0.2) is 52.7 Å². The van der Waals surface area contributed by atoms with Crippen molar-refractivity contribution in [2.24, 2.45) is 5.16 Å². The van der Waals surface area contributed by atoms with Crippen LogP contribution in [0.1, 0.15) is 29.0 Å². The Balaban J connectivity index is 1.43. The van der Waals surface area contributed by atoms with E-state index >= 15 is 0 Å². The van der Waals surface area contributed by atoms with Crippen molar-refractivity contribution in [1.82, 2.24) is 10.2 Å². The number of benzene rings is 2. The molecular weight excluding hydrogens is 534 g/mol. The molecule has 3 heterocycles. The highest BCUT2D eigenvalue weighted by Gasteiger charge is 2.56. The maximum absolute atomic E-state index is 13.9. The fraction of sp³-hybridized carbons (Fsp3) is 0.241. The molecule has 0 spiro atoms. The van der Waals surface area contributed by atoms with Gasteiger partial charge in [-0.15, -0.1) is 23.1 Å². The molecule has 1 N–H and O–H groups in total. The molecule has 0 bridgehead atoms. The normalized spacial score (nSPS) is 20.5. The number of carbonyl (C=O) groups excluding carboxylic acids is 3. The average molecular weight is 562 g/mol. The SMILES string of the molecule is CON=CC1=C(C(=O)OC(c2ccccc2)c2ccccc2)N2C(=O)C(NC(=O)Cc3cccs3)[C@H]2S[C@@H]1C. The van der Waals surface area contributed by atoms with Gasteiger partial charge in [0.05, 0.1) is 12.6 Å². The first-order valence-electron chi connectivity index (χ1n) is 12.4. The number of β-lactam (4-membered cyclic amide) rings is 1. The zero-order valence-corrected chi connectivity index (χ0v) is 23.0. The summed E-state index contributed by atoms with van der Waals surface area (Å²) in [6, 6.07) is 21.9. The van der Waals surface area contributed by atoms with Crippen molar-refractivity contribution in [3.63, 3.8) is 0 Å². The molecule has 10 heteroatoms. The zero-order valence-electron chi connectivity index (χ0n) is 21.4. The van der Waals surface area contributed by atoms with E-state index in [2.05, 4.69) is 10.5 Å². The number of thioether (sulfide) groups is 1. The molecule has 2 aromatic carbocycles. The highest BCUT2D eigenvalue weighted by Crippen LogP contribution is 2.44. The highest BCUT2D eigenvalue weighted by atomic mass is 32.2. The van der Waals surface area contributed by atoms with Crippen molar-refractivity contribution < 1.29 is 24.0 Å². The third kappa shape index (κ3) is 5.62. The monoisotopic (exact) mass is 561 g/mol. The summed E-state index contributed by atoms with van der Waals surface area (Å²) in [7, 11) is 1.41. The number of hydrogen-bond donors (Lipinski definition) is 1. The van der Waals surface area contributed by atoms with Gasteiger partial charge < -0.3 is 14.9 Å². The largest absolute Gasteiger partial charge is 0.448 e. The Labute approximate surface area is 234 Å². The van der Waals surface area contributed by atoms with Crippen LogP contribution < -0.4 is 5.32 Å². The topological polar surface area (TPSA) is 97.3 Å². The summed E-state index contributed by atoms with van der Waals surface area (Å²) in [4.78, 5) is 47.1. The first kappa shape index (κ1) is 26.7. The molecule has 3 aromatic rings. The molecule has 3 atom stereocenters. The first-order chi connectivity index (χ1) is 19.0. The van der Waals surface area contributed by atoms with Gasteiger partial charge in [0.15, 0.2) is 6.10 Å². The Hall–Kier alpha value is -3.89. The van der Waals surface area contributed by atoms with E-state index in [1.165, 1.54) is 41.3 Å². The first-order valence-corrected chi connectivity index (χ1v) is 14.2. The summed E-state index contributed by atoms with van der Waals surface area (Å²) >= 11 is 2.96. The van der Waals surface area contributed by atoms with E-state index in [4.69, 9.17) is 9.57 Å². The van der Waals surface area contributed by atoms with Crippen LogP contribution in [-0.2, 0) is 30.4 Å². The van der Waals surface area contributed by atoms with Gasteiger partial charge in [-0.3, -0.25) is 14.5 Å². The highest BCUT2D eigenvalue weighted by molar-refractivity contribution is 8.00. The standard InChI is InChI=1S/C29H27N3O5S2/c1-18-22(17-30-36-2)25(29(35)37-26(19-10-5-3-6-11-19)20-12-7-4-8-13-20)32-27(34)24(28(32)39-18)31-23(33)16-21-14-9-15-38-21/h3-15,17-18,24,26,28H,16H2,1-2H3,(H,31,33)/t18-,24?,28-/m1/s1. The van der Waals surface area contributed by atoms with Crippen LogP contribution in [0.15, 0.2) is 94.6 Å². The lowest BCUT2D eigenvalue weighted by Gasteiger charge is -2.51. The number of oxime groups is 1. The number of hydrogen-bond acceptors (Lipinski definition) is 8. The molecule has 2 aliphatic heterocycles. The van der Waals surface area contributed by atoms with Crippen molar-refractivity contribution in [1.29, 1.82) is 0 Å². The minimum absolute atomic E-state index is 0.109. The second-order valence-electron chi connectivity index (χ2n) is 9.01. The number of carbonyl (C=O) groups is 3. The lowest BCUT2D eigenvalue weighted by atomic mass is 9.99. The number of esters is 1. The van der Waals surface area contributed by atoms with Crippen molar-refractivity contribution in [3.05, 3.63) is 105 Å². The van der Waals surface area contributed by atoms with Crippen molar-refractivity contribution in [2.75, 3.05) is 7.11 Å². The van der Waals surface area contributed by atoms with Gasteiger partial charge in [0.2, 0.25) is 5.91 Å². The third-order valence-electron chi connectivity index (χ3n) is 6.49. The molecule has 200 valence electrons. The van der Waals surface area contributed by atoms with Crippen molar-refractivity contribution >= 4 is 47.1 Å². The molecule has 8 nitrogen and oxygen atoms in total. The Bertz CT molecular complexity index is 1350. The Kier molecular flexibility index (Phi) is 8.13. The summed E-state index contributed by atoms with van der Waals surface area (Å²) in [5, 5.41) is 7.97. The minimum Gasteiger partial charge on any atom is -0.448 e. The van der Waals surface area contributed by atoms with Crippen LogP contribution in [0, 0.1) is 0 Å². The molecule has 5 rings (SSSR count). The molecular formula is C29H27N3O5S2. The van der Waals surface area contributed by atoms with Crippen LogP contribution in [0.2, 0.25) is 0 Å². The summed E-state index contributed by atoms with van der Waals surface area (Å²) < 4.78 is 6.12. The number of rotatable bonds is 9. The van der Waals surface area contributed by atoms with E-state index in [1.807, 2.05) is 85.1 Å². The predicted octanol–water partition coefficient (Wildman–Crippen LogP) is 4.30. The Morgan fingerprint density at radius 2 is 1.72 bits per heavy atom. The molecule has 2 amide bonds. The van der Waals surface area contributed by atoms with E-state index < -0.39 is 23.5 Å². The Morgan fingerprint density at radius 1 is 1.05 bits per heavy atom. The average Bonchev–Trinajstić information content (AvgIpc) is 3.47. The number of fused-ring (bicyclic) bond motifs is 1. The second kappa shape index (κ2) is 11.9. The van der Waals surface area contributed by atoms with Gasteiger partial charge in [-0.05, 0) is 29.5 Å². The molecule has 1 aromatic heterocycles. The van der Waals surface area contributed by atoms with Gasteiger partial charge in [0.25, 0.3) is 5.91 Å². The van der Waals surface area contributed by atoms with Crippen molar-refractivity contribution in [2.45, 2.75) is 36.1 Å². The molecule has 1 unspecified atom stereocenters. The summed E-state index contributed by atoms with van der Waals surface area (Å²) in [6.07, 6.45) is 0.954. The lowest BCUT2D eigenvalue weighted by molar-refractivity contribution is -0.154. The number of amides is 2. The molecule has 39 heavy (non-hydrogen) atoms. The molecule has 2 aliphatic rings. The van der Waals surface area contributed by atoms with Gasteiger partial charge in [-0.25, -0.2) is 4.79 Å². The van der Waals surface area contributed by atoms with Gasteiger partial charge >= 0.3 is 5.97 Å². The van der Waals surface area contributed by atoms with Gasteiger partial charge in [-0.2, -0.15) is 0 Å².